The highest BCUT2D eigenvalue weighted by Gasteiger charge is 2.27. The Labute approximate surface area is 184 Å². The lowest BCUT2D eigenvalue weighted by Crippen LogP contribution is -2.49. The summed E-state index contributed by atoms with van der Waals surface area (Å²) in [4.78, 5) is 16.8. The number of halogens is 2. The van der Waals surface area contributed by atoms with Crippen LogP contribution in [-0.2, 0) is 0 Å². The molecule has 2 heterocycles. The molecule has 0 N–H and O–H groups in total. The Bertz CT molecular complexity index is 1150. The van der Waals surface area contributed by atoms with E-state index in [-0.39, 0.29) is 11.5 Å². The van der Waals surface area contributed by atoms with Gasteiger partial charge in [0.15, 0.2) is 0 Å². The molecule has 1 aromatic heterocycles. The Balaban J connectivity index is 1.54. The fraction of sp³-hybridized carbons (Fsp3) is 0.217. The van der Waals surface area contributed by atoms with Crippen molar-refractivity contribution in [1.82, 2.24) is 9.47 Å². The number of piperazine rings is 1. The number of nitrogens with zero attached hydrogens (tertiary/aromatic N) is 4. The van der Waals surface area contributed by atoms with Crippen LogP contribution in [-0.4, -0.2) is 48.7 Å². The van der Waals surface area contributed by atoms with E-state index >= 15 is 0 Å². The van der Waals surface area contributed by atoms with Gasteiger partial charge < -0.3 is 19.1 Å². The molecule has 1 aliphatic rings. The molecular weight excluding hydrogens is 419 g/mol. The molecule has 6 nitrogen and oxygen atoms in total. The van der Waals surface area contributed by atoms with Crippen molar-refractivity contribution < 1.29 is 13.9 Å². The van der Waals surface area contributed by atoms with Crippen LogP contribution in [0, 0.1) is 17.1 Å². The maximum absolute atomic E-state index is 13.9. The summed E-state index contributed by atoms with van der Waals surface area (Å²) in [6, 6.07) is 13.7. The number of carbonyl (C=O) groups excluding carboxylic acids is 1. The summed E-state index contributed by atoms with van der Waals surface area (Å²) in [5.74, 6) is -0.282. The zero-order chi connectivity index (χ0) is 22.0. The van der Waals surface area contributed by atoms with Crippen molar-refractivity contribution in [3.05, 3.63) is 76.8 Å². The van der Waals surface area contributed by atoms with Crippen LogP contribution < -0.4 is 9.64 Å². The van der Waals surface area contributed by atoms with Crippen LogP contribution in [0.1, 0.15) is 15.9 Å². The largest absolute Gasteiger partial charge is 0.496 e. The quantitative estimate of drug-likeness (QED) is 0.615. The Morgan fingerprint density at radius 1 is 1.10 bits per heavy atom. The number of nitriles is 1. The third-order valence-electron chi connectivity index (χ3n) is 5.39. The van der Waals surface area contributed by atoms with Crippen LogP contribution in [0.5, 0.6) is 5.75 Å². The van der Waals surface area contributed by atoms with Gasteiger partial charge in [-0.3, -0.25) is 4.79 Å². The summed E-state index contributed by atoms with van der Waals surface area (Å²) in [6.07, 6.45) is 3.73. The molecule has 2 aromatic carbocycles. The maximum Gasteiger partial charge on any atom is 0.257 e. The Hall–Kier alpha value is -3.50. The van der Waals surface area contributed by atoms with Crippen molar-refractivity contribution in [3.8, 4) is 17.5 Å². The summed E-state index contributed by atoms with van der Waals surface area (Å²) in [7, 11) is 1.52. The van der Waals surface area contributed by atoms with Gasteiger partial charge >= 0.3 is 0 Å². The van der Waals surface area contributed by atoms with Crippen LogP contribution in [0.2, 0.25) is 5.02 Å². The monoisotopic (exact) mass is 438 g/mol. The third kappa shape index (κ3) is 3.94. The molecular formula is C23H20ClFN4O2. The van der Waals surface area contributed by atoms with Gasteiger partial charge in [0.2, 0.25) is 0 Å². The van der Waals surface area contributed by atoms with Gasteiger partial charge in [0.25, 0.3) is 5.91 Å². The van der Waals surface area contributed by atoms with E-state index in [0.29, 0.717) is 48.2 Å². The van der Waals surface area contributed by atoms with Crippen molar-refractivity contribution in [1.29, 1.82) is 5.26 Å². The smallest absolute Gasteiger partial charge is 0.257 e. The molecule has 1 aliphatic heterocycles. The lowest BCUT2D eigenvalue weighted by molar-refractivity contribution is 0.0743. The molecule has 0 radical (unpaired) electrons. The van der Waals surface area contributed by atoms with Gasteiger partial charge in [-0.15, -0.1) is 0 Å². The minimum atomic E-state index is -0.541. The number of hydrogen-bond acceptors (Lipinski definition) is 4. The summed E-state index contributed by atoms with van der Waals surface area (Å²) >= 11 is 6.46. The van der Waals surface area contributed by atoms with E-state index in [2.05, 4.69) is 0 Å². The summed E-state index contributed by atoms with van der Waals surface area (Å²) < 4.78 is 21.3. The fourth-order valence-corrected chi connectivity index (χ4v) is 4.04. The Kier molecular flexibility index (Phi) is 5.83. The normalized spacial score (nSPS) is 13.7. The number of hydrogen-bond donors (Lipinski definition) is 0. The van der Waals surface area contributed by atoms with E-state index in [1.807, 2.05) is 40.1 Å². The van der Waals surface area contributed by atoms with E-state index in [1.54, 1.807) is 29.2 Å². The second-order valence-corrected chi connectivity index (χ2v) is 7.53. The SMILES string of the molecule is COc1cc(-n2cccc2)c(Cl)cc1C(=O)N1CCN(c2cccc(F)c2C#N)CC1. The van der Waals surface area contributed by atoms with Crippen LogP contribution in [0.15, 0.2) is 54.9 Å². The minimum Gasteiger partial charge on any atom is -0.496 e. The number of ether oxygens (including phenoxy) is 1. The highest BCUT2D eigenvalue weighted by molar-refractivity contribution is 6.33. The first-order chi connectivity index (χ1) is 15.0. The maximum atomic E-state index is 13.9. The first-order valence-electron chi connectivity index (χ1n) is 9.77. The molecule has 0 bridgehead atoms. The molecule has 3 aromatic rings. The van der Waals surface area contributed by atoms with E-state index in [0.717, 1.165) is 5.69 Å². The van der Waals surface area contributed by atoms with E-state index in [4.69, 9.17) is 16.3 Å². The molecule has 4 rings (SSSR count). The van der Waals surface area contributed by atoms with Gasteiger partial charge in [-0.2, -0.15) is 5.26 Å². The number of carbonyl (C=O) groups is 1. The van der Waals surface area contributed by atoms with Crippen molar-refractivity contribution in [3.63, 3.8) is 0 Å². The zero-order valence-corrected chi connectivity index (χ0v) is 17.6. The molecule has 158 valence electrons. The molecule has 0 atom stereocenters. The zero-order valence-electron chi connectivity index (χ0n) is 16.9. The first-order valence-corrected chi connectivity index (χ1v) is 10.1. The van der Waals surface area contributed by atoms with Gasteiger partial charge in [-0.1, -0.05) is 17.7 Å². The predicted molar refractivity (Wildman–Crippen MR) is 117 cm³/mol. The third-order valence-corrected chi connectivity index (χ3v) is 5.70. The average Bonchev–Trinajstić information content (AvgIpc) is 3.33. The lowest BCUT2D eigenvalue weighted by Gasteiger charge is -2.36. The van der Waals surface area contributed by atoms with Crippen molar-refractivity contribution in [2.75, 3.05) is 38.2 Å². The molecule has 0 aliphatic carbocycles. The van der Waals surface area contributed by atoms with Gasteiger partial charge in [0, 0.05) is 44.6 Å². The predicted octanol–water partition coefficient (Wildman–Crippen LogP) is 4.11. The molecule has 1 fully saturated rings. The number of benzene rings is 2. The molecule has 0 saturated carbocycles. The highest BCUT2D eigenvalue weighted by atomic mass is 35.5. The van der Waals surface area contributed by atoms with E-state index in [1.165, 1.54) is 13.2 Å². The second kappa shape index (κ2) is 8.70. The van der Waals surface area contributed by atoms with Crippen molar-refractivity contribution >= 4 is 23.2 Å². The van der Waals surface area contributed by atoms with Crippen LogP contribution in [0.3, 0.4) is 0 Å². The van der Waals surface area contributed by atoms with Crippen molar-refractivity contribution in [2.24, 2.45) is 0 Å². The number of amides is 1. The average molecular weight is 439 g/mol. The van der Waals surface area contributed by atoms with Crippen LogP contribution >= 0.6 is 11.6 Å². The molecule has 0 spiro atoms. The van der Waals surface area contributed by atoms with E-state index < -0.39 is 5.82 Å². The standard InChI is InChI=1S/C23H20ClFN4O2/c1-31-22-14-21(27-7-2-3-8-27)18(24)13-16(22)23(30)29-11-9-28(10-12-29)20-6-4-5-19(25)17(20)15-26/h2-8,13-14H,9-12H2,1H3. The lowest BCUT2D eigenvalue weighted by atomic mass is 10.1. The molecule has 8 heteroatoms. The van der Waals surface area contributed by atoms with E-state index in [9.17, 15) is 14.4 Å². The van der Waals surface area contributed by atoms with Gasteiger partial charge in [-0.05, 0) is 30.3 Å². The number of rotatable bonds is 4. The highest BCUT2D eigenvalue weighted by Crippen LogP contribution is 2.31. The number of aromatic nitrogens is 1. The second-order valence-electron chi connectivity index (χ2n) is 7.12. The van der Waals surface area contributed by atoms with Crippen LogP contribution in [0.25, 0.3) is 5.69 Å². The van der Waals surface area contributed by atoms with Gasteiger partial charge in [0.1, 0.15) is 23.2 Å². The van der Waals surface area contributed by atoms with Crippen LogP contribution in [0.4, 0.5) is 10.1 Å². The molecule has 1 amide bonds. The molecule has 1 saturated heterocycles. The molecule has 31 heavy (non-hydrogen) atoms. The summed E-state index contributed by atoms with van der Waals surface area (Å²) in [5.41, 5.74) is 1.68. The van der Waals surface area contributed by atoms with Gasteiger partial charge in [-0.25, -0.2) is 4.39 Å². The number of methoxy groups -OCH3 is 1. The fourth-order valence-electron chi connectivity index (χ4n) is 3.78. The summed E-state index contributed by atoms with van der Waals surface area (Å²) in [6.45, 7) is 1.84. The Morgan fingerprint density at radius 3 is 2.45 bits per heavy atom. The number of anilines is 1. The van der Waals surface area contributed by atoms with Gasteiger partial charge in [0.05, 0.1) is 29.1 Å². The first kappa shape index (κ1) is 20.8. The summed E-state index contributed by atoms with van der Waals surface area (Å²) in [5, 5.41) is 9.73. The topological polar surface area (TPSA) is 61.5 Å². The van der Waals surface area contributed by atoms with Crippen molar-refractivity contribution in [2.45, 2.75) is 0 Å². The Morgan fingerprint density at radius 2 is 1.81 bits per heavy atom. The minimum absolute atomic E-state index is 0.0244. The molecule has 0 unspecified atom stereocenters.